The highest BCUT2D eigenvalue weighted by Crippen LogP contribution is 2.26. The number of nitrogens with one attached hydrogen (secondary N) is 5. The van der Waals surface area contributed by atoms with Crippen LogP contribution >= 0.6 is 46.3 Å². The zero-order valence-corrected chi connectivity index (χ0v) is 82.8. The number of benzene rings is 1. The summed E-state index contributed by atoms with van der Waals surface area (Å²) < 4.78 is 38.8. The SMILES string of the molecule is C/C=C/C(=O)CCC(C)(C)C.C=C(C(=O)NCC(C)(C)C)C(F)(F)F.C=C(C)C(=O)NCC(C)(C)C.C=CC(=O)CCC(C)(C)C.C=CC(=O)N(C)CC(C)(C)C.C=CC(=O)N(C)CCC(C)(C)C.CC(C)(C)Cn1sc2ccccc2c1=O.CC(Cl)C(=O)NCC(C)(C)C.C[C@@H](Cl)C(=O)NCC(C)(C)C.C[C@H](Cl)C(=O)NCC(C)(C)C. The number of carbonyl (C=O) groups is 9. The maximum absolute atomic E-state index is 12.0. The van der Waals surface area contributed by atoms with E-state index in [4.69, 9.17) is 34.8 Å². The average Bonchev–Trinajstić information content (AvgIpc) is 1.66. The molecule has 0 aliphatic carbocycles. The van der Waals surface area contributed by atoms with Crippen molar-refractivity contribution in [2.24, 2.45) is 54.1 Å². The molecule has 1 unspecified atom stereocenters. The van der Waals surface area contributed by atoms with Crippen molar-refractivity contribution in [2.75, 3.05) is 59.9 Å². The number of fused-ring (bicyclic) bond motifs is 1. The third kappa shape index (κ3) is 91.8. The molecule has 0 fully saturated rings. The standard InChI is InChI=1S/C12H15NOS.C10H19NO.C10H18O.C9H14F3NO.2C9H17NO.C9H16O.3C8H16ClNO/c1-12(2,3)8-13-11(14)9-6-4-5-7-10(9)15-13;1-6-9(12)11(5)8-7-10(2,3)4;1-5-6-9(11)7-8-10(2,3)4;1-6(9(10,11)12)7(14)13-5-8(2,3)4;1-7(2)8(11)10-6-9(3,4)5;1-6-8(11)10(5)7-9(2,3)4;1-5-8(10)6-7-9(2,3)4;3*1-6(9)7(11)10-5-8(2,3)4/h4-7H,8H2,1-3H3;6H,1,7-8H2,2-5H3;5-6H,7-8H2,1-4H3;1,5H2,2-4H3,(H,13,14);1,6H2,2-5H3,(H,10,11);6H,1,7H2,2-5H3;5H,1,6-7H2,2-4H3;3*6H,5H2,1-4H3,(H,10,11)/b;;6-5+;;;;;;;/t;;;;;;;2*6-;/m.......10./s1. The van der Waals surface area contributed by atoms with E-state index in [0.29, 0.717) is 44.6 Å². The Kier molecular flexibility index (Phi) is 64.1. The molecule has 1 aromatic carbocycles. The van der Waals surface area contributed by atoms with E-state index < -0.39 is 33.8 Å². The van der Waals surface area contributed by atoms with Crippen molar-refractivity contribution in [3.05, 3.63) is 109 Å². The quantitative estimate of drug-likeness (QED) is 0.0551. The molecule has 7 amide bonds. The van der Waals surface area contributed by atoms with Gasteiger partial charge in [-0.1, -0.05) is 270 Å². The van der Waals surface area contributed by atoms with E-state index in [-0.39, 0.29) is 113 Å². The average molecular weight is 1740 g/mol. The van der Waals surface area contributed by atoms with Gasteiger partial charge < -0.3 is 36.4 Å². The largest absolute Gasteiger partial charge is 0.421 e. The Bertz CT molecular complexity index is 3310. The number of carbonyl (C=O) groups excluding carboxylic acids is 9. The Balaban J connectivity index is -0.000000189. The zero-order valence-electron chi connectivity index (χ0n) is 79.8. The first-order valence-electron chi connectivity index (χ1n) is 39.8. The van der Waals surface area contributed by atoms with Crippen molar-refractivity contribution in [1.82, 2.24) is 40.3 Å². The fourth-order valence-corrected chi connectivity index (χ4v) is 8.69. The Morgan fingerprint density at radius 3 is 1.04 bits per heavy atom. The number of ketones is 2. The van der Waals surface area contributed by atoms with Crippen LogP contribution in [-0.4, -0.2) is 149 Å². The molecule has 0 bridgehead atoms. The third-order valence-electron chi connectivity index (χ3n) is 14.0. The second-order valence-corrected chi connectivity index (χ2v) is 43.9. The van der Waals surface area contributed by atoms with E-state index in [0.717, 1.165) is 49.0 Å². The molecule has 0 spiro atoms. The number of aromatic nitrogens is 1. The molecule has 0 radical (unpaired) electrons. The maximum atomic E-state index is 12.0. The molecule has 0 aliphatic heterocycles. The molecule has 1 heterocycles. The topological polar surface area (TPSA) is 242 Å². The lowest BCUT2D eigenvalue weighted by molar-refractivity contribution is -0.131. The van der Waals surface area contributed by atoms with Crippen molar-refractivity contribution >= 4 is 109 Å². The van der Waals surface area contributed by atoms with Gasteiger partial charge in [-0.25, -0.2) is 0 Å². The second-order valence-electron chi connectivity index (χ2n) is 40.9. The summed E-state index contributed by atoms with van der Waals surface area (Å²) in [5.74, 6) is -1.13. The number of alkyl halides is 6. The molecule has 3 atom stereocenters. The second kappa shape index (κ2) is 59.4. The lowest BCUT2D eigenvalue weighted by Gasteiger charge is -2.25. The number of hydrogen-bond donors (Lipinski definition) is 5. The van der Waals surface area contributed by atoms with Crippen molar-refractivity contribution in [1.29, 1.82) is 0 Å². The molecule has 2 aromatic rings. The van der Waals surface area contributed by atoms with Gasteiger partial charge in [0.25, 0.3) is 11.5 Å². The first-order valence-corrected chi connectivity index (χ1v) is 41.9. The summed E-state index contributed by atoms with van der Waals surface area (Å²) in [5, 5.41) is 12.7. The zero-order chi connectivity index (χ0) is 94.8. The van der Waals surface area contributed by atoms with Crippen LogP contribution in [-0.2, 0) is 49.7 Å². The summed E-state index contributed by atoms with van der Waals surface area (Å²) in [6.07, 6.45) is 7.11. The summed E-state index contributed by atoms with van der Waals surface area (Å²) in [4.78, 5) is 114. The smallest absolute Gasteiger partial charge is 0.354 e. The maximum Gasteiger partial charge on any atom is 0.421 e. The molecule has 680 valence electrons. The summed E-state index contributed by atoms with van der Waals surface area (Å²) in [6.45, 7) is 92.6. The van der Waals surface area contributed by atoms with Crippen LogP contribution in [0.4, 0.5) is 13.2 Å². The Morgan fingerprint density at radius 2 is 0.778 bits per heavy atom. The molecule has 18 nitrogen and oxygen atoms in total. The van der Waals surface area contributed by atoms with Gasteiger partial charge in [-0.15, -0.1) is 34.8 Å². The lowest BCUT2D eigenvalue weighted by atomic mass is 9.89. The number of amides is 7. The fraction of sp³-hybridized carbons (Fsp3) is 0.696. The summed E-state index contributed by atoms with van der Waals surface area (Å²) in [6, 6.07) is 7.78. The molecule has 0 saturated carbocycles. The van der Waals surface area contributed by atoms with Gasteiger partial charge in [0, 0.05) is 84.9 Å². The van der Waals surface area contributed by atoms with Crippen LogP contribution < -0.4 is 32.1 Å². The van der Waals surface area contributed by atoms with Crippen LogP contribution in [0.3, 0.4) is 0 Å². The molecule has 0 aliphatic rings. The highest BCUT2D eigenvalue weighted by Gasteiger charge is 2.37. The highest BCUT2D eigenvalue weighted by atomic mass is 35.5. The van der Waals surface area contributed by atoms with E-state index in [1.54, 1.807) is 75.3 Å². The summed E-state index contributed by atoms with van der Waals surface area (Å²) in [5.41, 5.74) is 0.752. The van der Waals surface area contributed by atoms with Crippen LogP contribution in [0.2, 0.25) is 0 Å². The number of allylic oxidation sites excluding steroid dienone is 3. The Morgan fingerprint density at radius 1 is 0.462 bits per heavy atom. The van der Waals surface area contributed by atoms with Crippen molar-refractivity contribution in [3.63, 3.8) is 0 Å². The van der Waals surface area contributed by atoms with Crippen molar-refractivity contribution < 1.29 is 56.3 Å². The van der Waals surface area contributed by atoms with Gasteiger partial charge in [-0.2, -0.15) is 13.2 Å². The highest BCUT2D eigenvalue weighted by molar-refractivity contribution is 7.13. The monoisotopic (exact) mass is 1740 g/mol. The van der Waals surface area contributed by atoms with Gasteiger partial charge in [-0.05, 0) is 144 Å². The molecule has 25 heteroatoms. The van der Waals surface area contributed by atoms with E-state index in [9.17, 15) is 61.1 Å². The number of likely N-dealkylation sites (N-methyl/N-ethyl adjacent to an activating group) is 2. The molecule has 2 rings (SSSR count). The molecular weight excluding hydrogens is 1570 g/mol. The predicted molar refractivity (Wildman–Crippen MR) is 495 cm³/mol. The van der Waals surface area contributed by atoms with Crippen LogP contribution in [0.1, 0.15) is 274 Å². The van der Waals surface area contributed by atoms with Crippen LogP contribution in [0.5, 0.6) is 0 Å². The van der Waals surface area contributed by atoms with E-state index in [2.05, 4.69) is 246 Å². The number of nitrogens with zero attached hydrogens (tertiary/aromatic N) is 3. The fourth-order valence-electron chi connectivity index (χ4n) is 7.19. The number of hydrogen-bond acceptors (Lipinski definition) is 11. The predicted octanol–water partition coefficient (Wildman–Crippen LogP) is 21.7. The van der Waals surface area contributed by atoms with Crippen LogP contribution in [0, 0.1) is 54.1 Å². The lowest BCUT2D eigenvalue weighted by Crippen LogP contribution is -2.36. The first kappa shape index (κ1) is 126. The molecule has 1 aromatic heterocycles. The van der Waals surface area contributed by atoms with E-state index in [1.165, 1.54) is 18.2 Å². The minimum absolute atomic E-state index is 0.000694. The Hall–Kier alpha value is -6.36. The van der Waals surface area contributed by atoms with Crippen molar-refractivity contribution in [2.45, 2.75) is 303 Å². The van der Waals surface area contributed by atoms with Gasteiger partial charge >= 0.3 is 6.18 Å². The van der Waals surface area contributed by atoms with Gasteiger partial charge in [0.05, 0.1) is 10.1 Å². The Labute approximate surface area is 728 Å². The van der Waals surface area contributed by atoms with Gasteiger partial charge in [0.2, 0.25) is 35.4 Å². The normalized spacial score (nSPS) is 12.4. The number of halogens is 6. The van der Waals surface area contributed by atoms with E-state index in [1.807, 2.05) is 55.9 Å². The summed E-state index contributed by atoms with van der Waals surface area (Å²) >= 11 is 18.2. The van der Waals surface area contributed by atoms with Gasteiger partial charge in [0.1, 0.15) is 21.7 Å². The minimum atomic E-state index is -4.65. The minimum Gasteiger partial charge on any atom is -0.354 e. The first-order chi connectivity index (χ1) is 52.0. The molecule has 0 saturated heterocycles. The van der Waals surface area contributed by atoms with Crippen molar-refractivity contribution in [3.8, 4) is 0 Å². The molecular formula is C92H164Cl3F3N8O10S. The van der Waals surface area contributed by atoms with Gasteiger partial charge in [0.15, 0.2) is 11.6 Å². The van der Waals surface area contributed by atoms with Crippen LogP contribution in [0.25, 0.3) is 10.1 Å². The van der Waals surface area contributed by atoms with E-state index >= 15 is 0 Å². The van der Waals surface area contributed by atoms with Crippen LogP contribution in [0.15, 0.2) is 103 Å². The molecule has 117 heavy (non-hydrogen) atoms. The van der Waals surface area contributed by atoms with Gasteiger partial charge in [-0.3, -0.25) is 51.9 Å². The molecule has 5 N–H and O–H groups in total. The third-order valence-corrected chi connectivity index (χ3v) is 15.7. The summed E-state index contributed by atoms with van der Waals surface area (Å²) in [7, 11) is 3.59. The number of rotatable bonds is 22.